The van der Waals surface area contributed by atoms with Crippen molar-refractivity contribution in [1.29, 1.82) is 0 Å². The predicted octanol–water partition coefficient (Wildman–Crippen LogP) is 1.70. The van der Waals surface area contributed by atoms with Gasteiger partial charge in [-0.05, 0) is 49.8 Å². The Morgan fingerprint density at radius 2 is 2.39 bits per heavy atom. The van der Waals surface area contributed by atoms with E-state index >= 15 is 0 Å². The maximum absolute atomic E-state index is 5.33. The second-order valence-electron chi connectivity index (χ2n) is 5.29. The maximum atomic E-state index is 5.33. The van der Waals surface area contributed by atoms with E-state index in [9.17, 15) is 0 Å². The standard InChI is InChI=1S/C13H24N4O/c1-4-17(3)13-15-12(18-16-13)8-10(2)11-6-5-7-14-9-11/h10-11,14H,4-9H2,1-3H3. The Kier molecular flexibility index (Phi) is 4.58. The first-order valence-corrected chi connectivity index (χ1v) is 6.95. The number of aromatic nitrogens is 2. The summed E-state index contributed by atoms with van der Waals surface area (Å²) in [4.78, 5) is 6.43. The van der Waals surface area contributed by atoms with Gasteiger partial charge in [0.1, 0.15) is 0 Å². The molecule has 1 aromatic rings. The van der Waals surface area contributed by atoms with Gasteiger partial charge in [-0.25, -0.2) is 0 Å². The van der Waals surface area contributed by atoms with Gasteiger partial charge < -0.3 is 14.7 Å². The van der Waals surface area contributed by atoms with Crippen LogP contribution in [-0.4, -0.2) is 36.8 Å². The number of nitrogens with zero attached hydrogens (tertiary/aromatic N) is 3. The number of hydrogen-bond acceptors (Lipinski definition) is 5. The van der Waals surface area contributed by atoms with E-state index in [0.29, 0.717) is 11.9 Å². The van der Waals surface area contributed by atoms with Gasteiger partial charge in [-0.15, -0.1) is 0 Å². The van der Waals surface area contributed by atoms with Crippen LogP contribution in [0.25, 0.3) is 0 Å². The number of hydrogen-bond donors (Lipinski definition) is 1. The fourth-order valence-electron chi connectivity index (χ4n) is 2.43. The van der Waals surface area contributed by atoms with E-state index in [4.69, 9.17) is 4.52 Å². The first-order chi connectivity index (χ1) is 8.70. The lowest BCUT2D eigenvalue weighted by molar-refractivity contribution is 0.257. The summed E-state index contributed by atoms with van der Waals surface area (Å²) < 4.78 is 5.33. The summed E-state index contributed by atoms with van der Waals surface area (Å²) in [6, 6.07) is 0. The normalized spacial score (nSPS) is 21.8. The molecule has 0 spiro atoms. The summed E-state index contributed by atoms with van der Waals surface area (Å²) in [5.41, 5.74) is 0. The van der Waals surface area contributed by atoms with Gasteiger partial charge in [0.25, 0.3) is 5.95 Å². The topological polar surface area (TPSA) is 54.2 Å². The molecule has 1 aliphatic rings. The third kappa shape index (κ3) is 3.22. The molecule has 0 bridgehead atoms. The smallest absolute Gasteiger partial charge is 0.265 e. The van der Waals surface area contributed by atoms with Crippen LogP contribution < -0.4 is 10.2 Å². The summed E-state index contributed by atoms with van der Waals surface area (Å²) in [5, 5.41) is 7.47. The average Bonchev–Trinajstić information content (AvgIpc) is 2.87. The lowest BCUT2D eigenvalue weighted by Gasteiger charge is -2.27. The quantitative estimate of drug-likeness (QED) is 0.864. The Bertz CT molecular complexity index is 360. The summed E-state index contributed by atoms with van der Waals surface area (Å²) in [5.74, 6) is 2.79. The zero-order valence-corrected chi connectivity index (χ0v) is 11.6. The molecule has 1 aliphatic heterocycles. The van der Waals surface area contributed by atoms with Crippen LogP contribution in [0, 0.1) is 11.8 Å². The molecule has 0 aromatic carbocycles. The molecule has 2 atom stereocenters. The number of rotatable bonds is 5. The number of anilines is 1. The van der Waals surface area contributed by atoms with Crippen molar-refractivity contribution in [2.24, 2.45) is 11.8 Å². The van der Waals surface area contributed by atoms with Gasteiger partial charge in [-0.3, -0.25) is 0 Å². The summed E-state index contributed by atoms with van der Waals surface area (Å²) in [6.45, 7) is 7.53. The Morgan fingerprint density at radius 3 is 3.06 bits per heavy atom. The van der Waals surface area contributed by atoms with Crippen LogP contribution in [0.5, 0.6) is 0 Å². The molecule has 2 rings (SSSR count). The van der Waals surface area contributed by atoms with Crippen molar-refractivity contribution in [2.75, 3.05) is 31.6 Å². The van der Waals surface area contributed by atoms with E-state index in [1.165, 1.54) is 12.8 Å². The highest BCUT2D eigenvalue weighted by Crippen LogP contribution is 2.23. The van der Waals surface area contributed by atoms with E-state index in [-0.39, 0.29) is 0 Å². The zero-order valence-electron chi connectivity index (χ0n) is 11.6. The van der Waals surface area contributed by atoms with Crippen LogP contribution in [0.2, 0.25) is 0 Å². The molecule has 0 saturated carbocycles. The van der Waals surface area contributed by atoms with Gasteiger partial charge in [0.05, 0.1) is 0 Å². The average molecular weight is 252 g/mol. The minimum Gasteiger partial charge on any atom is -0.342 e. The number of piperidine rings is 1. The largest absolute Gasteiger partial charge is 0.342 e. The molecule has 0 aliphatic carbocycles. The molecule has 5 heteroatoms. The summed E-state index contributed by atoms with van der Waals surface area (Å²) in [7, 11) is 1.98. The molecule has 18 heavy (non-hydrogen) atoms. The van der Waals surface area contributed by atoms with Crippen LogP contribution in [0.1, 0.15) is 32.6 Å². The summed E-state index contributed by atoms with van der Waals surface area (Å²) >= 11 is 0. The lowest BCUT2D eigenvalue weighted by Crippen LogP contribution is -2.33. The molecule has 1 N–H and O–H groups in total. The highest BCUT2D eigenvalue weighted by atomic mass is 16.5. The molecular weight excluding hydrogens is 228 g/mol. The third-order valence-electron chi connectivity index (χ3n) is 3.91. The van der Waals surface area contributed by atoms with E-state index in [2.05, 4.69) is 29.3 Å². The van der Waals surface area contributed by atoms with Crippen molar-refractivity contribution >= 4 is 5.95 Å². The van der Waals surface area contributed by atoms with Gasteiger partial charge in [0.15, 0.2) is 0 Å². The Labute approximate surface area is 109 Å². The molecule has 1 aromatic heterocycles. The Morgan fingerprint density at radius 1 is 1.56 bits per heavy atom. The molecule has 5 nitrogen and oxygen atoms in total. The van der Waals surface area contributed by atoms with E-state index in [1.807, 2.05) is 11.9 Å². The molecule has 102 valence electrons. The van der Waals surface area contributed by atoms with E-state index < -0.39 is 0 Å². The highest BCUT2D eigenvalue weighted by Gasteiger charge is 2.22. The SMILES string of the molecule is CCN(C)c1noc(CC(C)C2CCCNC2)n1. The Balaban J connectivity index is 1.90. The van der Waals surface area contributed by atoms with Gasteiger partial charge in [-0.1, -0.05) is 6.92 Å². The Hall–Kier alpha value is -1.10. The molecular formula is C13H24N4O. The molecule has 2 unspecified atom stereocenters. The van der Waals surface area contributed by atoms with Gasteiger partial charge >= 0.3 is 0 Å². The second kappa shape index (κ2) is 6.18. The first-order valence-electron chi connectivity index (χ1n) is 6.95. The second-order valence-corrected chi connectivity index (χ2v) is 5.29. The molecule has 0 amide bonds. The van der Waals surface area contributed by atoms with Crippen molar-refractivity contribution < 1.29 is 4.52 Å². The fraction of sp³-hybridized carbons (Fsp3) is 0.846. The summed E-state index contributed by atoms with van der Waals surface area (Å²) in [6.07, 6.45) is 3.48. The van der Waals surface area contributed by atoms with Crippen LogP contribution in [0.4, 0.5) is 5.95 Å². The van der Waals surface area contributed by atoms with Crippen molar-refractivity contribution in [3.05, 3.63) is 5.89 Å². The van der Waals surface area contributed by atoms with Gasteiger partial charge in [-0.2, -0.15) is 4.98 Å². The van der Waals surface area contributed by atoms with E-state index in [1.54, 1.807) is 0 Å². The number of nitrogens with one attached hydrogen (secondary N) is 1. The van der Waals surface area contributed by atoms with Gasteiger partial charge in [0.2, 0.25) is 5.89 Å². The van der Waals surface area contributed by atoms with Crippen LogP contribution in [0.15, 0.2) is 4.52 Å². The third-order valence-corrected chi connectivity index (χ3v) is 3.91. The van der Waals surface area contributed by atoms with Gasteiger partial charge in [0, 0.05) is 20.0 Å². The van der Waals surface area contributed by atoms with Crippen LogP contribution in [0.3, 0.4) is 0 Å². The van der Waals surface area contributed by atoms with Crippen molar-refractivity contribution in [2.45, 2.75) is 33.1 Å². The zero-order chi connectivity index (χ0) is 13.0. The van der Waals surface area contributed by atoms with Crippen molar-refractivity contribution in [3.63, 3.8) is 0 Å². The van der Waals surface area contributed by atoms with Crippen molar-refractivity contribution in [3.8, 4) is 0 Å². The first kappa shape index (κ1) is 13.3. The van der Waals surface area contributed by atoms with Crippen LogP contribution in [-0.2, 0) is 6.42 Å². The van der Waals surface area contributed by atoms with Crippen molar-refractivity contribution in [1.82, 2.24) is 15.5 Å². The molecule has 1 saturated heterocycles. The van der Waals surface area contributed by atoms with E-state index in [0.717, 1.165) is 37.9 Å². The minimum absolute atomic E-state index is 0.595. The lowest BCUT2D eigenvalue weighted by atomic mass is 9.85. The monoisotopic (exact) mass is 252 g/mol. The van der Waals surface area contributed by atoms with Crippen LogP contribution >= 0.6 is 0 Å². The molecule has 2 heterocycles. The maximum Gasteiger partial charge on any atom is 0.265 e. The fourth-order valence-corrected chi connectivity index (χ4v) is 2.43. The predicted molar refractivity (Wildman–Crippen MR) is 71.7 cm³/mol. The minimum atomic E-state index is 0.595. The molecule has 0 radical (unpaired) electrons. The highest BCUT2D eigenvalue weighted by molar-refractivity contribution is 5.25. The molecule has 1 fully saturated rings.